The fourth-order valence-corrected chi connectivity index (χ4v) is 8.69. The number of piperidine rings is 2. The molecule has 5 amide bonds. The zero-order valence-corrected chi connectivity index (χ0v) is 35.4. The highest BCUT2D eigenvalue weighted by atomic mass is 19.1. The highest BCUT2D eigenvalue weighted by molar-refractivity contribution is 6.10. The molecule has 3 aromatic heterocycles. The molecule has 3 aliphatic rings. The van der Waals surface area contributed by atoms with Crippen molar-refractivity contribution in [2.45, 2.75) is 50.7 Å². The van der Waals surface area contributed by atoms with Gasteiger partial charge >= 0.3 is 12.0 Å². The minimum atomic E-state index is -1.36. The molecule has 3 aromatic carbocycles. The number of furan rings is 1. The Morgan fingerprint density at radius 1 is 0.938 bits per heavy atom. The molecule has 0 radical (unpaired) electrons. The quantitative estimate of drug-likeness (QED) is 0.115. The molecular weight excluding hydrogens is 836 g/mol. The van der Waals surface area contributed by atoms with Crippen LogP contribution >= 0.6 is 0 Å². The number of anilines is 3. The summed E-state index contributed by atoms with van der Waals surface area (Å²) in [5, 5.41) is 10.3. The van der Waals surface area contributed by atoms with Crippen molar-refractivity contribution in [3.8, 4) is 11.3 Å². The molecular formula is C47H47FN10O7. The minimum absolute atomic E-state index is 0.0430. The molecule has 3 fully saturated rings. The third-order valence-corrected chi connectivity index (χ3v) is 12.4. The molecule has 17 nitrogen and oxygen atoms in total. The fraction of sp³-hybridized carbons (Fsp3) is 0.319. The second-order valence-corrected chi connectivity index (χ2v) is 16.6. The van der Waals surface area contributed by atoms with Crippen molar-refractivity contribution in [3.05, 3.63) is 120 Å². The van der Waals surface area contributed by atoms with E-state index in [2.05, 4.69) is 30.6 Å². The minimum Gasteiger partial charge on any atom is -0.462 e. The smallest absolute Gasteiger partial charge is 0.361 e. The molecule has 3 aliphatic heterocycles. The Kier molecular flexibility index (Phi) is 12.3. The number of nitrogens with two attached hydrogens (primary N) is 1. The number of rotatable bonds is 12. The average Bonchev–Trinajstić information content (AvgIpc) is 3.99. The van der Waals surface area contributed by atoms with Gasteiger partial charge in [0.05, 0.1) is 29.8 Å². The summed E-state index contributed by atoms with van der Waals surface area (Å²) in [6.45, 7) is 4.45. The van der Waals surface area contributed by atoms with Gasteiger partial charge in [0.25, 0.3) is 11.8 Å². The first-order valence-electron chi connectivity index (χ1n) is 21.7. The number of carbonyl (C=O) groups excluding carboxylic acids is 5. The number of ether oxygens (including phenoxy) is 1. The molecule has 334 valence electrons. The van der Waals surface area contributed by atoms with Crippen LogP contribution in [0.25, 0.3) is 22.2 Å². The van der Waals surface area contributed by atoms with Crippen molar-refractivity contribution in [1.82, 2.24) is 34.9 Å². The highest BCUT2D eigenvalue weighted by Crippen LogP contribution is 2.33. The Balaban J connectivity index is 0.747. The first kappa shape index (κ1) is 42.8. The Bertz CT molecular complexity index is 2730. The third kappa shape index (κ3) is 9.57. The van der Waals surface area contributed by atoms with Gasteiger partial charge < -0.3 is 30.0 Å². The lowest BCUT2D eigenvalue weighted by Gasteiger charge is -2.35. The first-order valence-corrected chi connectivity index (χ1v) is 21.7. The summed E-state index contributed by atoms with van der Waals surface area (Å²) in [5.41, 5.74) is 9.24. The molecule has 6 aromatic rings. The van der Waals surface area contributed by atoms with Crippen LogP contribution in [0.2, 0.25) is 0 Å². The number of fused-ring (bicyclic) bond motifs is 1. The van der Waals surface area contributed by atoms with Crippen molar-refractivity contribution in [2.24, 2.45) is 5.92 Å². The van der Waals surface area contributed by atoms with Crippen LogP contribution in [0.15, 0.2) is 102 Å². The predicted octanol–water partition coefficient (Wildman–Crippen LogP) is 6.37. The van der Waals surface area contributed by atoms with Crippen LogP contribution in [0, 0.1) is 11.7 Å². The Morgan fingerprint density at radius 3 is 2.46 bits per heavy atom. The number of aromatic nitrogens is 4. The lowest BCUT2D eigenvalue weighted by atomic mass is 9.92. The Hall–Kier alpha value is -7.47. The van der Waals surface area contributed by atoms with Gasteiger partial charge in [0, 0.05) is 73.1 Å². The number of esters is 1. The molecule has 9 rings (SSSR count). The molecule has 0 bridgehead atoms. The second-order valence-electron chi connectivity index (χ2n) is 16.6. The number of urea groups is 1. The lowest BCUT2D eigenvalue weighted by Crippen LogP contribution is -2.49. The fourth-order valence-electron chi connectivity index (χ4n) is 8.69. The number of nitrogens with one attached hydrogen (secondary N) is 2. The second kappa shape index (κ2) is 18.7. The van der Waals surface area contributed by atoms with Gasteiger partial charge in [-0.1, -0.05) is 30.3 Å². The maximum atomic E-state index is 13.6. The highest BCUT2D eigenvalue weighted by Gasteiger charge is 2.31. The van der Waals surface area contributed by atoms with E-state index in [1.807, 2.05) is 15.8 Å². The number of likely N-dealkylation sites (tertiary alicyclic amines) is 2. The van der Waals surface area contributed by atoms with E-state index in [0.29, 0.717) is 63.7 Å². The third-order valence-electron chi connectivity index (χ3n) is 12.4. The Morgan fingerprint density at radius 2 is 1.71 bits per heavy atom. The van der Waals surface area contributed by atoms with Gasteiger partial charge in [-0.05, 0) is 87.0 Å². The van der Waals surface area contributed by atoms with Gasteiger partial charge in [-0.2, -0.15) is 5.10 Å². The van der Waals surface area contributed by atoms with Gasteiger partial charge in [-0.3, -0.25) is 29.3 Å². The van der Waals surface area contributed by atoms with Gasteiger partial charge in [-0.25, -0.2) is 23.9 Å². The van der Waals surface area contributed by atoms with Crippen LogP contribution in [0.5, 0.6) is 0 Å². The predicted molar refractivity (Wildman–Crippen MR) is 237 cm³/mol. The van der Waals surface area contributed by atoms with Gasteiger partial charge in [-0.15, -0.1) is 0 Å². The number of nitrogen functional groups attached to an aromatic ring is 1. The number of amides is 5. The number of imide groups is 1. The van der Waals surface area contributed by atoms with Crippen LogP contribution in [0.3, 0.4) is 0 Å². The summed E-state index contributed by atoms with van der Waals surface area (Å²) in [7, 11) is 0. The molecule has 0 unspecified atom stereocenters. The van der Waals surface area contributed by atoms with Gasteiger partial charge in [0.15, 0.2) is 11.5 Å². The topological polar surface area (TPSA) is 211 Å². The molecule has 0 spiro atoms. The zero-order chi connectivity index (χ0) is 45.0. The molecule has 6 heterocycles. The molecule has 18 heteroatoms. The van der Waals surface area contributed by atoms with E-state index in [0.717, 1.165) is 51.7 Å². The summed E-state index contributed by atoms with van der Waals surface area (Å²) < 4.78 is 26.9. The van der Waals surface area contributed by atoms with Crippen LogP contribution in [0.1, 0.15) is 77.1 Å². The Labute approximate surface area is 372 Å². The monoisotopic (exact) mass is 882 g/mol. The number of halogens is 1. The number of hydrogen-bond acceptors (Lipinski definition) is 12. The standard InChI is InChI=1S/C47H47FN10O7/c48-33-7-9-34(10-8-33)52-44(60)42(30-4-2-1-3-5-30)65-46(62)41-43(49)50-26-37(53-41)32-25-51-58(27-32)35-15-19-55(20-16-35)18-12-29-13-21-56(22-14-29)45(61)31-6-11-36-38(28-64-39(36)24-31)57-23-17-40(59)54-47(57)63/h1-11,24-29,35,42H,12-23H2,(H2,49,50)(H,52,60)(H,54,59,63)/t42-/m1/s1. The number of benzene rings is 3. The summed E-state index contributed by atoms with van der Waals surface area (Å²) in [4.78, 5) is 79.0. The molecule has 0 saturated carbocycles. The lowest BCUT2D eigenvalue weighted by molar-refractivity contribution is -0.125. The largest absolute Gasteiger partial charge is 0.462 e. The maximum absolute atomic E-state index is 13.6. The zero-order valence-electron chi connectivity index (χ0n) is 35.4. The maximum Gasteiger partial charge on any atom is 0.361 e. The normalized spacial score (nSPS) is 16.9. The van der Waals surface area contributed by atoms with Crippen molar-refractivity contribution < 1.29 is 37.5 Å². The van der Waals surface area contributed by atoms with E-state index in [4.69, 9.17) is 14.9 Å². The van der Waals surface area contributed by atoms with E-state index < -0.39 is 29.8 Å². The van der Waals surface area contributed by atoms with Crippen molar-refractivity contribution in [3.63, 3.8) is 0 Å². The van der Waals surface area contributed by atoms with Gasteiger partial charge in [0.2, 0.25) is 12.0 Å². The molecule has 3 saturated heterocycles. The van der Waals surface area contributed by atoms with Crippen LogP contribution < -0.4 is 21.3 Å². The van der Waals surface area contributed by atoms with Crippen molar-refractivity contribution in [2.75, 3.05) is 55.2 Å². The summed E-state index contributed by atoms with van der Waals surface area (Å²) in [5.74, 6) is -2.03. The van der Waals surface area contributed by atoms with Crippen LogP contribution in [-0.4, -0.2) is 98.5 Å². The van der Waals surface area contributed by atoms with Crippen LogP contribution in [-0.2, 0) is 14.3 Å². The SMILES string of the molecule is Nc1ncc(-c2cnn(C3CCN(CCC4CCN(C(=O)c5ccc6c(N7CCC(=O)NC7=O)coc6c5)CC4)CC3)c2)nc1C(=O)O[C@@H](C(=O)Nc1ccc(F)cc1)c1ccccc1. The van der Waals surface area contributed by atoms with Crippen LogP contribution in [0.4, 0.5) is 26.4 Å². The average molecular weight is 883 g/mol. The molecule has 0 aliphatic carbocycles. The molecule has 1 atom stereocenters. The van der Waals surface area contributed by atoms with Crippen molar-refractivity contribution in [1.29, 1.82) is 0 Å². The van der Waals surface area contributed by atoms with E-state index >= 15 is 0 Å². The molecule has 65 heavy (non-hydrogen) atoms. The van der Waals surface area contributed by atoms with E-state index in [9.17, 15) is 28.4 Å². The van der Waals surface area contributed by atoms with E-state index in [1.165, 1.54) is 41.6 Å². The van der Waals surface area contributed by atoms with Crippen molar-refractivity contribution >= 4 is 57.9 Å². The number of hydrogen-bond donors (Lipinski definition) is 3. The number of carbonyl (C=O) groups is 5. The summed E-state index contributed by atoms with van der Waals surface area (Å²) in [6.07, 6.45) is 10.1. The molecule has 4 N–H and O–H groups in total. The summed E-state index contributed by atoms with van der Waals surface area (Å²) in [6, 6.07) is 18.7. The first-order chi connectivity index (χ1) is 31.6. The van der Waals surface area contributed by atoms with E-state index in [-0.39, 0.29) is 42.3 Å². The summed E-state index contributed by atoms with van der Waals surface area (Å²) >= 11 is 0. The number of nitrogens with zero attached hydrogens (tertiary/aromatic N) is 7. The van der Waals surface area contributed by atoms with E-state index in [1.54, 1.807) is 54.7 Å². The van der Waals surface area contributed by atoms with Gasteiger partial charge in [0.1, 0.15) is 17.7 Å².